The fourth-order valence-corrected chi connectivity index (χ4v) is 3.74. The van der Waals surface area contributed by atoms with Crippen LogP contribution in [0.2, 0.25) is 0 Å². The first-order chi connectivity index (χ1) is 11.4. The number of thiol groups is 1. The number of sulfone groups is 1. The van der Waals surface area contributed by atoms with E-state index < -0.39 is 9.84 Å². The largest absolute Gasteiger partial charge is 0.398 e. The molecule has 0 unspecified atom stereocenters. The van der Waals surface area contributed by atoms with Crippen LogP contribution in [0.15, 0.2) is 29.7 Å². The molecule has 24 heavy (non-hydrogen) atoms. The lowest BCUT2D eigenvalue weighted by molar-refractivity contribution is 0.574. The SMILES string of the molecule is CC(C)S(=O)(=O)CCCCCCCCc1ccc(/C(N)=C/S)cc1. The summed E-state index contributed by atoms with van der Waals surface area (Å²) < 4.78 is 23.4. The van der Waals surface area contributed by atoms with E-state index in [2.05, 4.69) is 24.8 Å². The van der Waals surface area contributed by atoms with Gasteiger partial charge in [-0.3, -0.25) is 0 Å². The lowest BCUT2D eigenvalue weighted by Gasteiger charge is -2.07. The molecule has 0 aliphatic heterocycles. The van der Waals surface area contributed by atoms with Gasteiger partial charge in [-0.15, -0.1) is 12.6 Å². The third kappa shape index (κ3) is 7.75. The molecule has 2 N–H and O–H groups in total. The summed E-state index contributed by atoms with van der Waals surface area (Å²) in [6.45, 7) is 3.51. The number of aryl methyl sites for hydroxylation is 1. The Morgan fingerprint density at radius 3 is 2.12 bits per heavy atom. The molecule has 136 valence electrons. The summed E-state index contributed by atoms with van der Waals surface area (Å²) in [5, 5.41) is 1.36. The molecule has 0 spiro atoms. The lowest BCUT2D eigenvalue weighted by Crippen LogP contribution is -2.17. The first-order valence-electron chi connectivity index (χ1n) is 8.77. The fourth-order valence-electron chi connectivity index (χ4n) is 2.51. The molecule has 0 saturated heterocycles. The van der Waals surface area contributed by atoms with Gasteiger partial charge in [0.15, 0.2) is 9.84 Å². The van der Waals surface area contributed by atoms with Crippen LogP contribution in [0.3, 0.4) is 0 Å². The smallest absolute Gasteiger partial charge is 0.152 e. The second-order valence-electron chi connectivity index (χ2n) is 6.57. The van der Waals surface area contributed by atoms with Gasteiger partial charge < -0.3 is 5.73 Å². The summed E-state index contributed by atoms with van der Waals surface area (Å²) in [5.41, 5.74) is 8.83. The van der Waals surface area contributed by atoms with Gasteiger partial charge in [0.2, 0.25) is 0 Å². The molecule has 1 aromatic rings. The Labute approximate surface area is 153 Å². The zero-order valence-electron chi connectivity index (χ0n) is 14.9. The summed E-state index contributed by atoms with van der Waals surface area (Å²) in [5.74, 6) is 0.334. The van der Waals surface area contributed by atoms with E-state index in [-0.39, 0.29) is 5.25 Å². The van der Waals surface area contributed by atoms with Crippen molar-refractivity contribution in [1.29, 1.82) is 0 Å². The Bertz CT molecular complexity index is 605. The topological polar surface area (TPSA) is 60.2 Å². The first kappa shape index (κ1) is 21.1. The Hall–Kier alpha value is -0.940. The Morgan fingerprint density at radius 2 is 1.58 bits per heavy atom. The molecule has 0 radical (unpaired) electrons. The van der Waals surface area contributed by atoms with Gasteiger partial charge in [-0.1, -0.05) is 49.9 Å². The molecule has 0 bridgehead atoms. The quantitative estimate of drug-likeness (QED) is 0.443. The van der Waals surface area contributed by atoms with Gasteiger partial charge in [0, 0.05) is 5.70 Å². The molecule has 1 aromatic carbocycles. The molecule has 0 fully saturated rings. The van der Waals surface area contributed by atoms with E-state index in [4.69, 9.17) is 5.73 Å². The number of hydrogen-bond donors (Lipinski definition) is 2. The van der Waals surface area contributed by atoms with E-state index >= 15 is 0 Å². The summed E-state index contributed by atoms with van der Waals surface area (Å²) >= 11 is 4.06. The maximum absolute atomic E-state index is 11.7. The predicted octanol–water partition coefficient (Wildman–Crippen LogP) is 4.58. The van der Waals surface area contributed by atoms with E-state index in [0.717, 1.165) is 31.2 Å². The molecule has 0 saturated carbocycles. The number of unbranched alkanes of at least 4 members (excludes halogenated alkanes) is 5. The minimum Gasteiger partial charge on any atom is -0.398 e. The molecular weight excluding hydrogens is 338 g/mol. The van der Waals surface area contributed by atoms with Crippen molar-refractivity contribution in [3.05, 3.63) is 40.8 Å². The second kappa shape index (κ2) is 10.8. The summed E-state index contributed by atoms with van der Waals surface area (Å²) in [4.78, 5) is 0. The van der Waals surface area contributed by atoms with E-state index in [1.807, 2.05) is 12.1 Å². The molecule has 5 heteroatoms. The summed E-state index contributed by atoms with van der Waals surface area (Å²) in [6.07, 6.45) is 7.54. The first-order valence-corrected chi connectivity index (χ1v) is 11.0. The van der Waals surface area contributed by atoms with Crippen LogP contribution in [0.1, 0.15) is 63.5 Å². The minimum atomic E-state index is -2.86. The highest BCUT2D eigenvalue weighted by Crippen LogP contribution is 2.14. The zero-order chi connectivity index (χ0) is 18.0. The second-order valence-corrected chi connectivity index (χ2v) is 9.50. The van der Waals surface area contributed by atoms with Gasteiger partial charge in [0.05, 0.1) is 11.0 Å². The standard InChI is InChI=1S/C19H31NO2S2/c1-16(2)24(21,22)14-8-6-4-3-5-7-9-17-10-12-18(13-11-17)19(20)15-23/h10-13,15-16,23H,3-9,14,20H2,1-2H3/b19-15-. The Morgan fingerprint density at radius 1 is 1.04 bits per heavy atom. The number of benzene rings is 1. The highest BCUT2D eigenvalue weighted by molar-refractivity contribution is 7.91. The van der Waals surface area contributed by atoms with Crippen molar-refractivity contribution >= 4 is 28.2 Å². The van der Waals surface area contributed by atoms with Crippen LogP contribution in [-0.2, 0) is 16.3 Å². The van der Waals surface area contributed by atoms with E-state index in [1.54, 1.807) is 19.3 Å². The van der Waals surface area contributed by atoms with E-state index in [1.165, 1.54) is 24.8 Å². The lowest BCUT2D eigenvalue weighted by atomic mass is 10.0. The van der Waals surface area contributed by atoms with Gasteiger partial charge in [0.1, 0.15) is 0 Å². The molecule has 0 aliphatic carbocycles. The number of nitrogens with two attached hydrogens (primary N) is 1. The maximum atomic E-state index is 11.7. The van der Waals surface area contributed by atoms with Gasteiger partial charge >= 0.3 is 0 Å². The van der Waals surface area contributed by atoms with Gasteiger partial charge in [0.25, 0.3) is 0 Å². The molecule has 0 atom stereocenters. The van der Waals surface area contributed by atoms with Crippen molar-refractivity contribution in [2.24, 2.45) is 5.73 Å². The molecule has 0 amide bonds. The van der Waals surface area contributed by atoms with Crippen LogP contribution in [0.4, 0.5) is 0 Å². The third-order valence-electron chi connectivity index (χ3n) is 4.29. The molecule has 0 aliphatic rings. The van der Waals surface area contributed by atoms with Crippen molar-refractivity contribution < 1.29 is 8.42 Å². The van der Waals surface area contributed by atoms with Crippen molar-refractivity contribution in [2.45, 2.75) is 64.0 Å². The van der Waals surface area contributed by atoms with Gasteiger partial charge in [-0.2, -0.15) is 0 Å². The normalized spacial score (nSPS) is 12.8. The van der Waals surface area contributed by atoms with Crippen LogP contribution in [0.5, 0.6) is 0 Å². The average Bonchev–Trinajstić information content (AvgIpc) is 2.56. The zero-order valence-corrected chi connectivity index (χ0v) is 16.6. The van der Waals surface area contributed by atoms with Crippen LogP contribution in [0, 0.1) is 0 Å². The van der Waals surface area contributed by atoms with Crippen molar-refractivity contribution in [1.82, 2.24) is 0 Å². The van der Waals surface area contributed by atoms with E-state index in [9.17, 15) is 8.42 Å². The minimum absolute atomic E-state index is 0.248. The van der Waals surface area contributed by atoms with Crippen molar-refractivity contribution in [3.63, 3.8) is 0 Å². The predicted molar refractivity (Wildman–Crippen MR) is 108 cm³/mol. The molecule has 3 nitrogen and oxygen atoms in total. The number of rotatable bonds is 11. The van der Waals surface area contributed by atoms with Crippen LogP contribution in [0.25, 0.3) is 5.70 Å². The van der Waals surface area contributed by atoms with Gasteiger partial charge in [-0.05, 0) is 49.6 Å². The Kier molecular flexibility index (Phi) is 9.52. The van der Waals surface area contributed by atoms with Crippen LogP contribution >= 0.6 is 12.6 Å². The van der Waals surface area contributed by atoms with Crippen molar-refractivity contribution in [2.75, 3.05) is 5.75 Å². The fraction of sp³-hybridized carbons (Fsp3) is 0.579. The highest BCUT2D eigenvalue weighted by atomic mass is 32.2. The van der Waals surface area contributed by atoms with E-state index in [0.29, 0.717) is 11.4 Å². The monoisotopic (exact) mass is 369 g/mol. The summed E-state index contributed by atoms with van der Waals surface area (Å²) in [7, 11) is -2.86. The van der Waals surface area contributed by atoms with Crippen molar-refractivity contribution in [3.8, 4) is 0 Å². The third-order valence-corrected chi connectivity index (χ3v) is 6.86. The highest BCUT2D eigenvalue weighted by Gasteiger charge is 2.14. The molecule has 0 heterocycles. The maximum Gasteiger partial charge on any atom is 0.152 e. The summed E-state index contributed by atoms with van der Waals surface area (Å²) in [6, 6.07) is 8.31. The van der Waals surface area contributed by atoms with Gasteiger partial charge in [-0.25, -0.2) is 8.42 Å². The van der Waals surface area contributed by atoms with Crippen LogP contribution in [-0.4, -0.2) is 19.4 Å². The average molecular weight is 370 g/mol. The Balaban J connectivity index is 2.12. The van der Waals surface area contributed by atoms with Crippen LogP contribution < -0.4 is 5.73 Å². The molecule has 0 aromatic heterocycles. The molecule has 1 rings (SSSR count). The molecular formula is C19H31NO2S2. The number of hydrogen-bond acceptors (Lipinski definition) is 4.